The molecule has 4 heteroatoms. The average Bonchev–Trinajstić information content (AvgIpc) is 2.92. The van der Waals surface area contributed by atoms with E-state index in [1.54, 1.807) is 6.07 Å². The van der Waals surface area contributed by atoms with Gasteiger partial charge in [-0.1, -0.05) is 44.5 Å². The zero-order valence-corrected chi connectivity index (χ0v) is 18.1. The molecule has 0 aliphatic carbocycles. The van der Waals surface area contributed by atoms with Crippen molar-refractivity contribution in [2.75, 3.05) is 4.90 Å². The van der Waals surface area contributed by atoms with E-state index in [9.17, 15) is 4.79 Å². The highest BCUT2D eigenvalue weighted by molar-refractivity contribution is 6.03. The van der Waals surface area contributed by atoms with Crippen LogP contribution in [0.1, 0.15) is 59.1 Å². The number of ether oxygens (including phenoxy) is 1. The van der Waals surface area contributed by atoms with Gasteiger partial charge in [0.15, 0.2) is 5.75 Å². The maximum absolute atomic E-state index is 12.9. The fourth-order valence-corrected chi connectivity index (χ4v) is 3.94. The molecule has 0 amide bonds. The Balaban J connectivity index is 2.03. The van der Waals surface area contributed by atoms with Gasteiger partial charge in [-0.25, -0.2) is 4.79 Å². The molecule has 3 aromatic rings. The second-order valence-electron chi connectivity index (χ2n) is 8.98. The number of fused-ring (bicyclic) bond motifs is 2. The minimum atomic E-state index is -0.366. The highest BCUT2D eigenvalue weighted by Gasteiger charge is 2.33. The molecule has 0 spiro atoms. The zero-order valence-electron chi connectivity index (χ0n) is 18.1. The zero-order chi connectivity index (χ0) is 21.1. The molecule has 1 aliphatic heterocycles. The smallest absolute Gasteiger partial charge is 0.345 e. The van der Waals surface area contributed by atoms with Crippen LogP contribution in [0.15, 0.2) is 40.8 Å². The Morgan fingerprint density at radius 1 is 0.897 bits per heavy atom. The maximum Gasteiger partial charge on any atom is 0.345 e. The Morgan fingerprint density at radius 2 is 1.55 bits per heavy atom. The van der Waals surface area contributed by atoms with Crippen LogP contribution in [0.3, 0.4) is 0 Å². The predicted octanol–water partition coefficient (Wildman–Crippen LogP) is 6.81. The lowest BCUT2D eigenvalue weighted by Gasteiger charge is -2.29. The highest BCUT2D eigenvalue weighted by atomic mass is 16.5. The number of rotatable bonds is 1. The lowest BCUT2D eigenvalue weighted by molar-refractivity contribution is 0.0738. The molecule has 1 aliphatic rings. The van der Waals surface area contributed by atoms with Gasteiger partial charge < -0.3 is 9.15 Å². The molecule has 0 radical (unpaired) electrons. The minimum Gasteiger partial charge on any atom is -0.442 e. The quantitative estimate of drug-likeness (QED) is 0.429. The van der Waals surface area contributed by atoms with Crippen LogP contribution >= 0.6 is 0 Å². The summed E-state index contributed by atoms with van der Waals surface area (Å²) >= 11 is 0. The number of carbonyl (C=O) groups is 1. The molecule has 0 N–H and O–H groups in total. The van der Waals surface area contributed by atoms with Gasteiger partial charge in [-0.2, -0.15) is 0 Å². The molecule has 2 aromatic carbocycles. The van der Waals surface area contributed by atoms with Crippen LogP contribution in [0.2, 0.25) is 0 Å². The fourth-order valence-electron chi connectivity index (χ4n) is 3.94. The normalized spacial score (nSPS) is 13.6. The average molecular weight is 389 g/mol. The summed E-state index contributed by atoms with van der Waals surface area (Å²) in [5, 5.41) is 0. The molecule has 29 heavy (non-hydrogen) atoms. The largest absolute Gasteiger partial charge is 0.442 e. The first kappa shape index (κ1) is 19.3. The second-order valence-corrected chi connectivity index (χ2v) is 8.98. The van der Waals surface area contributed by atoms with Crippen molar-refractivity contribution in [3.05, 3.63) is 70.0 Å². The number of carbonyl (C=O) groups excluding carboxylic acids is 1. The van der Waals surface area contributed by atoms with Crippen molar-refractivity contribution >= 4 is 23.2 Å². The molecule has 4 rings (SSSR count). The van der Waals surface area contributed by atoms with Gasteiger partial charge in [0, 0.05) is 6.07 Å². The van der Waals surface area contributed by atoms with Crippen LogP contribution < -0.4 is 9.64 Å². The second kappa shape index (κ2) is 6.51. The van der Waals surface area contributed by atoms with Crippen LogP contribution in [0.5, 0.6) is 5.75 Å². The van der Waals surface area contributed by atoms with Crippen LogP contribution in [0, 0.1) is 27.7 Å². The number of furan rings is 1. The lowest BCUT2D eigenvalue weighted by Crippen LogP contribution is -2.17. The van der Waals surface area contributed by atoms with E-state index in [1.165, 1.54) is 5.56 Å². The topological polar surface area (TPSA) is 42.7 Å². The Kier molecular flexibility index (Phi) is 4.34. The van der Waals surface area contributed by atoms with E-state index >= 15 is 0 Å². The summed E-state index contributed by atoms with van der Waals surface area (Å²) in [4.78, 5) is 14.9. The molecule has 2 heterocycles. The van der Waals surface area contributed by atoms with Crippen molar-refractivity contribution in [1.29, 1.82) is 0 Å². The van der Waals surface area contributed by atoms with Gasteiger partial charge in [0.05, 0.1) is 16.9 Å². The number of hydrogen-bond donors (Lipinski definition) is 0. The molecule has 0 saturated heterocycles. The third-order valence-corrected chi connectivity index (χ3v) is 5.40. The summed E-state index contributed by atoms with van der Waals surface area (Å²) in [6.45, 7) is 14.7. The van der Waals surface area contributed by atoms with Crippen LogP contribution in [-0.4, -0.2) is 5.97 Å². The first-order valence-electron chi connectivity index (χ1n) is 9.91. The SMILES string of the molecule is Cc1ccc2c(c1)C(=O)Oc1cc(C)oc1N2c1c(C)cc(C(C)(C)C)cc1C. The van der Waals surface area contributed by atoms with E-state index in [0.29, 0.717) is 23.0 Å². The summed E-state index contributed by atoms with van der Waals surface area (Å²) in [5.41, 5.74) is 6.89. The maximum atomic E-state index is 12.9. The van der Waals surface area contributed by atoms with Gasteiger partial charge in [0.2, 0.25) is 5.88 Å². The van der Waals surface area contributed by atoms with Gasteiger partial charge in [0.1, 0.15) is 5.76 Å². The van der Waals surface area contributed by atoms with Crippen molar-refractivity contribution in [3.8, 4) is 5.75 Å². The number of anilines is 3. The monoisotopic (exact) mass is 389 g/mol. The Morgan fingerprint density at radius 3 is 2.17 bits per heavy atom. The summed E-state index contributed by atoms with van der Waals surface area (Å²) < 4.78 is 11.7. The number of aryl methyl sites for hydroxylation is 4. The molecule has 150 valence electrons. The molecule has 0 bridgehead atoms. The highest BCUT2D eigenvalue weighted by Crippen LogP contribution is 2.48. The third kappa shape index (κ3) is 3.23. The number of hydrogen-bond acceptors (Lipinski definition) is 4. The van der Waals surface area contributed by atoms with E-state index in [1.807, 2.05) is 36.9 Å². The van der Waals surface area contributed by atoms with Gasteiger partial charge in [0.25, 0.3) is 0 Å². The molecule has 0 atom stereocenters. The Labute approximate surface area is 172 Å². The Hall–Kier alpha value is -3.01. The van der Waals surface area contributed by atoms with Gasteiger partial charge in [-0.15, -0.1) is 0 Å². The molecule has 1 aromatic heterocycles. The molecule has 0 fully saturated rings. The van der Waals surface area contributed by atoms with Crippen molar-refractivity contribution < 1.29 is 13.9 Å². The molecule has 4 nitrogen and oxygen atoms in total. The van der Waals surface area contributed by atoms with E-state index in [0.717, 1.165) is 28.1 Å². The standard InChI is InChI=1S/C25H27NO3/c1-14-8-9-20-19(10-14)24(27)29-21-13-17(4)28-23(21)26(20)22-15(2)11-18(12-16(22)3)25(5,6)7/h8-13H,1-7H3. The van der Waals surface area contributed by atoms with E-state index in [4.69, 9.17) is 9.15 Å². The summed E-state index contributed by atoms with van der Waals surface area (Å²) in [6.07, 6.45) is 0. The third-order valence-electron chi connectivity index (χ3n) is 5.40. The summed E-state index contributed by atoms with van der Waals surface area (Å²) in [5.74, 6) is 1.31. The van der Waals surface area contributed by atoms with Crippen molar-refractivity contribution in [1.82, 2.24) is 0 Å². The molecule has 0 unspecified atom stereocenters. The van der Waals surface area contributed by atoms with Gasteiger partial charge in [-0.3, -0.25) is 4.90 Å². The van der Waals surface area contributed by atoms with Crippen molar-refractivity contribution in [2.45, 2.75) is 53.9 Å². The van der Waals surface area contributed by atoms with Crippen molar-refractivity contribution in [2.24, 2.45) is 0 Å². The first-order chi connectivity index (χ1) is 13.6. The van der Waals surface area contributed by atoms with E-state index in [-0.39, 0.29) is 11.4 Å². The van der Waals surface area contributed by atoms with Gasteiger partial charge in [-0.05, 0) is 61.9 Å². The molecular weight excluding hydrogens is 362 g/mol. The number of nitrogens with zero attached hydrogens (tertiary/aromatic N) is 1. The van der Waals surface area contributed by atoms with Crippen LogP contribution in [-0.2, 0) is 5.41 Å². The van der Waals surface area contributed by atoms with Crippen LogP contribution in [0.25, 0.3) is 0 Å². The molecule has 0 saturated carbocycles. The number of esters is 1. The lowest BCUT2D eigenvalue weighted by atomic mass is 9.84. The van der Waals surface area contributed by atoms with Gasteiger partial charge >= 0.3 is 5.97 Å². The first-order valence-corrected chi connectivity index (χ1v) is 9.91. The fraction of sp³-hybridized carbons (Fsp3) is 0.320. The van der Waals surface area contributed by atoms with Crippen LogP contribution in [0.4, 0.5) is 17.3 Å². The number of benzene rings is 2. The molecular formula is C25H27NO3. The summed E-state index contributed by atoms with van der Waals surface area (Å²) in [7, 11) is 0. The van der Waals surface area contributed by atoms with E-state index < -0.39 is 0 Å². The minimum absolute atomic E-state index is 0.0490. The predicted molar refractivity (Wildman–Crippen MR) is 116 cm³/mol. The van der Waals surface area contributed by atoms with Crippen molar-refractivity contribution in [3.63, 3.8) is 0 Å². The summed E-state index contributed by atoms with van der Waals surface area (Å²) in [6, 6.07) is 12.1. The Bertz CT molecular complexity index is 1110. The van der Waals surface area contributed by atoms with E-state index in [2.05, 4.69) is 46.8 Å².